The monoisotopic (exact) mass is 377 g/mol. The van der Waals surface area contributed by atoms with E-state index in [-0.39, 0.29) is 0 Å². The van der Waals surface area contributed by atoms with E-state index in [9.17, 15) is 4.21 Å². The van der Waals surface area contributed by atoms with E-state index in [0.717, 1.165) is 56.8 Å². The standard InChI is InChI=1S/C21H35N3OS/c1-3-26(25)20-15-10-14-19(17-20)24-21(22-2)23-16-9-5-8-13-18-11-6-4-7-12-18/h4,6-7,11-12,19-20H,3,5,8-10,13-17H2,1-2H3,(H2,22,23,24). The van der Waals surface area contributed by atoms with Gasteiger partial charge in [0.15, 0.2) is 5.96 Å². The van der Waals surface area contributed by atoms with E-state index in [1.54, 1.807) is 0 Å². The highest BCUT2D eigenvalue weighted by Gasteiger charge is 2.25. The number of nitrogens with zero attached hydrogens (tertiary/aromatic N) is 1. The van der Waals surface area contributed by atoms with E-state index in [0.29, 0.717) is 11.3 Å². The maximum absolute atomic E-state index is 12.1. The second-order valence-corrected chi connectivity index (χ2v) is 9.10. The Morgan fingerprint density at radius 2 is 2.00 bits per heavy atom. The van der Waals surface area contributed by atoms with Gasteiger partial charge in [-0.1, -0.05) is 50.1 Å². The van der Waals surface area contributed by atoms with Crippen molar-refractivity contribution in [1.82, 2.24) is 10.6 Å². The third-order valence-corrected chi connectivity index (χ3v) is 6.87. The summed E-state index contributed by atoms with van der Waals surface area (Å²) in [5.41, 5.74) is 1.43. The molecule has 4 nitrogen and oxygen atoms in total. The zero-order valence-electron chi connectivity index (χ0n) is 16.4. The molecular weight excluding hydrogens is 342 g/mol. The number of aliphatic imine (C=N–C) groups is 1. The summed E-state index contributed by atoms with van der Waals surface area (Å²) < 4.78 is 12.1. The lowest BCUT2D eigenvalue weighted by Crippen LogP contribution is -2.46. The highest BCUT2D eigenvalue weighted by Crippen LogP contribution is 2.22. The van der Waals surface area contributed by atoms with Gasteiger partial charge < -0.3 is 10.6 Å². The first kappa shape index (κ1) is 20.9. The Hall–Kier alpha value is -1.36. The van der Waals surface area contributed by atoms with Crippen LogP contribution in [-0.4, -0.2) is 40.8 Å². The zero-order chi connectivity index (χ0) is 18.6. The summed E-state index contributed by atoms with van der Waals surface area (Å²) in [5.74, 6) is 1.66. The molecule has 3 atom stereocenters. The maximum atomic E-state index is 12.1. The van der Waals surface area contributed by atoms with Crippen molar-refractivity contribution in [3.8, 4) is 0 Å². The summed E-state index contributed by atoms with van der Waals surface area (Å²) in [6.45, 7) is 2.97. The quantitative estimate of drug-likeness (QED) is 0.392. The van der Waals surface area contributed by atoms with Crippen LogP contribution in [0.3, 0.4) is 0 Å². The summed E-state index contributed by atoms with van der Waals surface area (Å²) in [6, 6.07) is 11.1. The first-order valence-corrected chi connectivity index (χ1v) is 11.5. The molecule has 0 saturated heterocycles. The Morgan fingerprint density at radius 1 is 1.19 bits per heavy atom. The Balaban J connectivity index is 1.61. The molecule has 0 spiro atoms. The third-order valence-electron chi connectivity index (χ3n) is 5.12. The molecule has 1 saturated carbocycles. The van der Waals surface area contributed by atoms with Crippen molar-refractivity contribution in [2.45, 2.75) is 69.6 Å². The minimum absolute atomic E-state index is 0.349. The van der Waals surface area contributed by atoms with E-state index in [4.69, 9.17) is 0 Å². The van der Waals surface area contributed by atoms with Crippen LogP contribution >= 0.6 is 0 Å². The number of rotatable bonds is 9. The molecule has 0 bridgehead atoms. The van der Waals surface area contributed by atoms with Crippen molar-refractivity contribution in [1.29, 1.82) is 0 Å². The molecule has 2 N–H and O–H groups in total. The lowest BCUT2D eigenvalue weighted by Gasteiger charge is -2.30. The van der Waals surface area contributed by atoms with E-state index in [1.165, 1.54) is 18.4 Å². The average molecular weight is 378 g/mol. The van der Waals surface area contributed by atoms with Crippen LogP contribution in [0.2, 0.25) is 0 Å². The van der Waals surface area contributed by atoms with Gasteiger partial charge >= 0.3 is 0 Å². The first-order chi connectivity index (χ1) is 12.7. The molecule has 0 aliphatic heterocycles. The zero-order valence-corrected chi connectivity index (χ0v) is 17.2. The molecule has 146 valence electrons. The number of aryl methyl sites for hydroxylation is 1. The van der Waals surface area contributed by atoms with Gasteiger partial charge in [0.25, 0.3) is 0 Å². The lowest BCUT2D eigenvalue weighted by molar-refractivity contribution is 0.413. The van der Waals surface area contributed by atoms with Gasteiger partial charge in [-0.25, -0.2) is 0 Å². The fraction of sp³-hybridized carbons (Fsp3) is 0.667. The summed E-state index contributed by atoms with van der Waals surface area (Å²) in [4.78, 5) is 4.36. The van der Waals surface area contributed by atoms with Crippen LogP contribution < -0.4 is 10.6 Å². The predicted octanol–water partition coefficient (Wildman–Crippen LogP) is 3.64. The van der Waals surface area contributed by atoms with Crippen molar-refractivity contribution in [3.63, 3.8) is 0 Å². The third kappa shape index (κ3) is 7.48. The predicted molar refractivity (Wildman–Crippen MR) is 113 cm³/mol. The smallest absolute Gasteiger partial charge is 0.191 e. The van der Waals surface area contributed by atoms with Crippen LogP contribution in [0.15, 0.2) is 35.3 Å². The topological polar surface area (TPSA) is 53.5 Å². The summed E-state index contributed by atoms with van der Waals surface area (Å²) in [5, 5.41) is 7.32. The summed E-state index contributed by atoms with van der Waals surface area (Å²) in [7, 11) is 1.15. The summed E-state index contributed by atoms with van der Waals surface area (Å²) >= 11 is 0. The van der Waals surface area contributed by atoms with E-state index >= 15 is 0 Å². The average Bonchev–Trinajstić information content (AvgIpc) is 2.70. The van der Waals surface area contributed by atoms with Gasteiger partial charge in [-0.2, -0.15) is 0 Å². The minimum atomic E-state index is -0.676. The van der Waals surface area contributed by atoms with Crippen LogP contribution in [0.25, 0.3) is 0 Å². The summed E-state index contributed by atoms with van der Waals surface area (Å²) in [6.07, 6.45) is 9.17. The molecule has 0 heterocycles. The molecule has 5 heteroatoms. The Bertz CT molecular complexity index is 562. The normalized spacial score (nSPS) is 22.0. The highest BCUT2D eigenvalue weighted by atomic mass is 32.2. The molecule has 1 aromatic carbocycles. The lowest BCUT2D eigenvalue weighted by atomic mass is 9.95. The van der Waals surface area contributed by atoms with Gasteiger partial charge in [0.2, 0.25) is 0 Å². The van der Waals surface area contributed by atoms with E-state index < -0.39 is 10.8 Å². The first-order valence-electron chi connectivity index (χ1n) is 10.1. The van der Waals surface area contributed by atoms with Crippen molar-refractivity contribution in [2.75, 3.05) is 19.3 Å². The molecule has 26 heavy (non-hydrogen) atoms. The molecule has 0 amide bonds. The number of nitrogens with one attached hydrogen (secondary N) is 2. The highest BCUT2D eigenvalue weighted by molar-refractivity contribution is 7.85. The van der Waals surface area contributed by atoms with Crippen molar-refractivity contribution in [3.05, 3.63) is 35.9 Å². The molecule has 0 radical (unpaired) electrons. The van der Waals surface area contributed by atoms with Crippen LogP contribution in [-0.2, 0) is 17.2 Å². The molecule has 1 aliphatic carbocycles. The Morgan fingerprint density at radius 3 is 2.73 bits per heavy atom. The Kier molecular flexibility index (Phi) is 9.75. The van der Waals surface area contributed by atoms with Crippen LogP contribution in [0.4, 0.5) is 0 Å². The Labute approximate surface area is 161 Å². The molecule has 2 rings (SSSR count). The van der Waals surface area contributed by atoms with Crippen LogP contribution in [0.5, 0.6) is 0 Å². The number of guanidine groups is 1. The fourth-order valence-corrected chi connectivity index (χ4v) is 4.97. The molecular formula is C21H35N3OS. The van der Waals surface area contributed by atoms with Gasteiger partial charge in [-0.15, -0.1) is 0 Å². The van der Waals surface area contributed by atoms with Crippen LogP contribution in [0.1, 0.15) is 57.4 Å². The van der Waals surface area contributed by atoms with Gasteiger partial charge in [0.1, 0.15) is 0 Å². The molecule has 1 aliphatic rings. The molecule has 3 unspecified atom stereocenters. The molecule has 1 aromatic rings. The van der Waals surface area contributed by atoms with Crippen LogP contribution in [0, 0.1) is 0 Å². The van der Waals surface area contributed by atoms with E-state index in [1.807, 2.05) is 14.0 Å². The van der Waals surface area contributed by atoms with Gasteiger partial charge in [-0.3, -0.25) is 9.20 Å². The van der Waals surface area contributed by atoms with Crippen molar-refractivity contribution in [2.24, 2.45) is 4.99 Å². The van der Waals surface area contributed by atoms with Gasteiger partial charge in [0, 0.05) is 41.4 Å². The largest absolute Gasteiger partial charge is 0.356 e. The minimum Gasteiger partial charge on any atom is -0.356 e. The maximum Gasteiger partial charge on any atom is 0.191 e. The molecule has 1 fully saturated rings. The number of benzene rings is 1. The number of unbranched alkanes of at least 4 members (excludes halogenated alkanes) is 2. The van der Waals surface area contributed by atoms with Gasteiger partial charge in [-0.05, 0) is 44.1 Å². The SMILES string of the molecule is CCS(=O)C1CCCC(NC(=NC)NCCCCCc2ccccc2)C1. The van der Waals surface area contributed by atoms with Crippen molar-refractivity contribution < 1.29 is 4.21 Å². The fourth-order valence-electron chi connectivity index (χ4n) is 3.62. The number of hydrogen-bond acceptors (Lipinski definition) is 2. The van der Waals surface area contributed by atoms with Crippen molar-refractivity contribution >= 4 is 16.8 Å². The molecule has 0 aromatic heterocycles. The van der Waals surface area contributed by atoms with E-state index in [2.05, 4.69) is 46.0 Å². The van der Waals surface area contributed by atoms with Gasteiger partial charge in [0.05, 0.1) is 0 Å². The second-order valence-electron chi connectivity index (χ2n) is 7.09. The second kappa shape index (κ2) is 12.1. The number of hydrogen-bond donors (Lipinski definition) is 2.